The molecule has 0 fully saturated rings. The fourth-order valence-electron chi connectivity index (χ4n) is 2.03. The Labute approximate surface area is 144 Å². The zero-order valence-electron chi connectivity index (χ0n) is 14.7. The molecule has 24 heavy (non-hydrogen) atoms. The first-order valence-electron chi connectivity index (χ1n) is 8.29. The molecule has 0 amide bonds. The van der Waals surface area contributed by atoms with Crippen molar-refractivity contribution < 1.29 is 24.1 Å². The maximum absolute atomic E-state index is 9.25. The molecule has 0 radical (unpaired) electrons. The smallest absolute Gasteiger partial charge is 0.0884 e. The molecule has 136 valence electrons. The summed E-state index contributed by atoms with van der Waals surface area (Å²) in [5.41, 5.74) is 2.45. The number of methoxy groups -OCH3 is 1. The van der Waals surface area contributed by atoms with Crippen LogP contribution in [0, 0.1) is 0 Å². The van der Waals surface area contributed by atoms with Gasteiger partial charge in [-0.3, -0.25) is 4.98 Å². The third-order valence-corrected chi connectivity index (χ3v) is 3.10. The average molecular weight is 339 g/mol. The molecule has 0 aromatic carbocycles. The molecule has 6 nitrogen and oxygen atoms in total. The number of aromatic nitrogens is 1. The van der Waals surface area contributed by atoms with Gasteiger partial charge in [-0.25, -0.2) is 0 Å². The van der Waals surface area contributed by atoms with Gasteiger partial charge in [0, 0.05) is 13.7 Å². The van der Waals surface area contributed by atoms with Gasteiger partial charge in [0.25, 0.3) is 0 Å². The molecule has 0 aliphatic rings. The van der Waals surface area contributed by atoms with Crippen molar-refractivity contribution in [1.82, 2.24) is 4.98 Å². The first kappa shape index (κ1) is 20.7. The van der Waals surface area contributed by atoms with Crippen molar-refractivity contribution in [2.24, 2.45) is 0 Å². The summed E-state index contributed by atoms with van der Waals surface area (Å²) in [5.74, 6) is 0. The van der Waals surface area contributed by atoms with Crippen molar-refractivity contribution in [2.75, 3.05) is 46.8 Å². The van der Waals surface area contributed by atoms with E-state index in [2.05, 4.69) is 4.98 Å². The average Bonchev–Trinajstić information content (AvgIpc) is 2.59. The van der Waals surface area contributed by atoms with Crippen LogP contribution >= 0.6 is 0 Å². The zero-order chi connectivity index (χ0) is 17.5. The number of pyridine rings is 1. The lowest BCUT2D eigenvalue weighted by molar-refractivity contribution is 0.0178. The minimum Gasteiger partial charge on any atom is -0.390 e. The summed E-state index contributed by atoms with van der Waals surface area (Å²) in [6, 6.07) is 3.81. The van der Waals surface area contributed by atoms with Crippen LogP contribution in [0.2, 0.25) is 0 Å². The maximum atomic E-state index is 9.25. The van der Waals surface area contributed by atoms with E-state index in [-0.39, 0.29) is 6.61 Å². The Kier molecular flexibility index (Phi) is 12.2. The molecular formula is C18H29NO5. The molecule has 0 spiro atoms. The van der Waals surface area contributed by atoms with E-state index in [1.54, 1.807) is 7.11 Å². The van der Waals surface area contributed by atoms with E-state index in [0.717, 1.165) is 24.3 Å². The number of rotatable bonds is 14. The van der Waals surface area contributed by atoms with E-state index in [1.807, 2.05) is 31.2 Å². The molecule has 1 rings (SSSR count). The molecule has 0 bridgehead atoms. The van der Waals surface area contributed by atoms with Gasteiger partial charge in [-0.15, -0.1) is 0 Å². The normalized spacial score (nSPS) is 11.5. The molecule has 0 saturated carbocycles. The molecule has 1 heterocycles. The summed E-state index contributed by atoms with van der Waals surface area (Å²) in [4.78, 5) is 4.29. The summed E-state index contributed by atoms with van der Waals surface area (Å²) in [7, 11) is 1.63. The van der Waals surface area contributed by atoms with Crippen LogP contribution in [0.3, 0.4) is 0 Å². The van der Waals surface area contributed by atoms with Crippen LogP contribution in [0.5, 0.6) is 0 Å². The minimum atomic E-state index is -0.0786. The molecule has 0 aliphatic carbocycles. The van der Waals surface area contributed by atoms with Gasteiger partial charge in [0.05, 0.1) is 57.6 Å². The highest BCUT2D eigenvalue weighted by atomic mass is 16.5. The van der Waals surface area contributed by atoms with E-state index in [0.29, 0.717) is 45.3 Å². The summed E-state index contributed by atoms with van der Waals surface area (Å²) in [6.45, 7) is 6.09. The van der Waals surface area contributed by atoms with Crippen LogP contribution in [0.15, 0.2) is 18.2 Å². The Bertz CT molecular complexity index is 465. The predicted octanol–water partition coefficient (Wildman–Crippen LogP) is 2.19. The molecule has 1 aromatic rings. The van der Waals surface area contributed by atoms with Gasteiger partial charge in [0.15, 0.2) is 0 Å². The molecule has 0 atom stereocenters. The summed E-state index contributed by atoms with van der Waals surface area (Å²) in [5, 5.41) is 9.25. The lowest BCUT2D eigenvalue weighted by Crippen LogP contribution is -2.09. The standard InChI is InChI=1S/C18H29NO5/c1-3-22-8-9-24-11-10-23-7-5-4-6-16-12-17(14-20)19-18(13-16)15-21-2/h4,6,12-13,20H,3,5,7-11,14-15H2,1-2H3. The van der Waals surface area contributed by atoms with Gasteiger partial charge in [-0.2, -0.15) is 0 Å². The Balaban J connectivity index is 2.19. The molecular weight excluding hydrogens is 310 g/mol. The molecule has 1 aromatic heterocycles. The van der Waals surface area contributed by atoms with Gasteiger partial charge in [-0.1, -0.05) is 12.2 Å². The summed E-state index contributed by atoms with van der Waals surface area (Å²) in [6.07, 6.45) is 4.86. The highest BCUT2D eigenvalue weighted by Crippen LogP contribution is 2.10. The number of aliphatic hydroxyl groups excluding tert-OH is 1. The lowest BCUT2D eigenvalue weighted by Gasteiger charge is -2.05. The van der Waals surface area contributed by atoms with Gasteiger partial charge in [-0.05, 0) is 31.0 Å². The largest absolute Gasteiger partial charge is 0.390 e. The van der Waals surface area contributed by atoms with Gasteiger partial charge in [0.2, 0.25) is 0 Å². The fraction of sp³-hybridized carbons (Fsp3) is 0.611. The summed E-state index contributed by atoms with van der Waals surface area (Å²) < 4.78 is 21.1. The van der Waals surface area contributed by atoms with Crippen molar-refractivity contribution >= 4 is 6.08 Å². The SMILES string of the molecule is CCOCCOCCOCCC=Cc1cc(CO)nc(COC)c1. The van der Waals surface area contributed by atoms with Crippen LogP contribution in [0.25, 0.3) is 6.08 Å². The van der Waals surface area contributed by atoms with Crippen LogP contribution in [-0.4, -0.2) is 56.8 Å². The van der Waals surface area contributed by atoms with Gasteiger partial charge >= 0.3 is 0 Å². The third kappa shape index (κ3) is 9.75. The molecule has 0 unspecified atom stereocenters. The van der Waals surface area contributed by atoms with Gasteiger partial charge in [0.1, 0.15) is 0 Å². The summed E-state index contributed by atoms with van der Waals surface area (Å²) >= 11 is 0. The maximum Gasteiger partial charge on any atom is 0.0884 e. The number of nitrogens with zero attached hydrogens (tertiary/aromatic N) is 1. The van der Waals surface area contributed by atoms with E-state index in [1.165, 1.54) is 0 Å². The Morgan fingerprint density at radius 2 is 1.67 bits per heavy atom. The first-order valence-corrected chi connectivity index (χ1v) is 8.29. The van der Waals surface area contributed by atoms with Gasteiger partial charge < -0.3 is 24.1 Å². The zero-order valence-corrected chi connectivity index (χ0v) is 14.7. The van der Waals surface area contributed by atoms with Crippen LogP contribution in [0.4, 0.5) is 0 Å². The fourth-order valence-corrected chi connectivity index (χ4v) is 2.03. The highest BCUT2D eigenvalue weighted by Gasteiger charge is 2.00. The Hall–Kier alpha value is -1.31. The van der Waals surface area contributed by atoms with Crippen LogP contribution < -0.4 is 0 Å². The Morgan fingerprint density at radius 3 is 2.33 bits per heavy atom. The highest BCUT2D eigenvalue weighted by molar-refractivity contribution is 5.50. The second-order valence-corrected chi connectivity index (χ2v) is 5.09. The van der Waals surface area contributed by atoms with E-state index >= 15 is 0 Å². The quantitative estimate of drug-likeness (QED) is 0.524. The van der Waals surface area contributed by atoms with Crippen LogP contribution in [0.1, 0.15) is 30.3 Å². The van der Waals surface area contributed by atoms with Crippen molar-refractivity contribution in [2.45, 2.75) is 26.6 Å². The number of aliphatic hydroxyl groups is 1. The van der Waals surface area contributed by atoms with Crippen molar-refractivity contribution in [3.05, 3.63) is 35.2 Å². The first-order chi connectivity index (χ1) is 11.8. The molecule has 0 aliphatic heterocycles. The lowest BCUT2D eigenvalue weighted by atomic mass is 10.1. The molecule has 1 N–H and O–H groups in total. The minimum absolute atomic E-state index is 0.0786. The van der Waals surface area contributed by atoms with Crippen molar-refractivity contribution in [3.63, 3.8) is 0 Å². The second kappa shape index (κ2) is 14.1. The van der Waals surface area contributed by atoms with E-state index in [4.69, 9.17) is 18.9 Å². The number of hydrogen-bond acceptors (Lipinski definition) is 6. The van der Waals surface area contributed by atoms with Crippen LogP contribution in [-0.2, 0) is 32.2 Å². The van der Waals surface area contributed by atoms with Crippen molar-refractivity contribution in [1.29, 1.82) is 0 Å². The van der Waals surface area contributed by atoms with E-state index in [9.17, 15) is 5.11 Å². The molecule has 0 saturated heterocycles. The monoisotopic (exact) mass is 339 g/mol. The topological polar surface area (TPSA) is 70.0 Å². The predicted molar refractivity (Wildman–Crippen MR) is 92.7 cm³/mol. The molecule has 6 heteroatoms. The third-order valence-electron chi connectivity index (χ3n) is 3.10. The number of ether oxygens (including phenoxy) is 4. The van der Waals surface area contributed by atoms with E-state index < -0.39 is 0 Å². The second-order valence-electron chi connectivity index (χ2n) is 5.09. The van der Waals surface area contributed by atoms with Crippen molar-refractivity contribution in [3.8, 4) is 0 Å². The number of hydrogen-bond donors (Lipinski definition) is 1. The Morgan fingerprint density at radius 1 is 1.00 bits per heavy atom.